The minimum Gasteiger partial charge on any atom is -0.481 e. The second kappa shape index (κ2) is 6.26. The Morgan fingerprint density at radius 3 is 3.22 bits per heavy atom. The van der Waals surface area contributed by atoms with Crippen molar-refractivity contribution in [1.82, 2.24) is 9.88 Å². The molecule has 5 nitrogen and oxygen atoms in total. The van der Waals surface area contributed by atoms with Crippen LogP contribution in [0.5, 0.6) is 0 Å². The van der Waals surface area contributed by atoms with Gasteiger partial charge in [-0.3, -0.25) is 9.69 Å². The van der Waals surface area contributed by atoms with Gasteiger partial charge in [0.15, 0.2) is 0 Å². The molecule has 1 atom stereocenters. The van der Waals surface area contributed by atoms with E-state index >= 15 is 0 Å². The molecule has 2 rings (SSSR count). The van der Waals surface area contributed by atoms with E-state index in [1.807, 2.05) is 0 Å². The third kappa shape index (κ3) is 3.76. The zero-order valence-electron chi connectivity index (χ0n) is 10.5. The molecule has 1 N–H and O–H groups in total. The van der Waals surface area contributed by atoms with Crippen LogP contribution in [-0.2, 0) is 22.5 Å². The number of carboxylic acid groups (broad SMARTS) is 1. The number of thiazole rings is 1. The highest BCUT2D eigenvalue weighted by Gasteiger charge is 2.23. The normalized spacial score (nSPS) is 21.1. The van der Waals surface area contributed by atoms with Gasteiger partial charge in [0.25, 0.3) is 0 Å². The highest BCUT2D eigenvalue weighted by atomic mass is 32.1. The summed E-state index contributed by atoms with van der Waals surface area (Å²) in [6.07, 6.45) is 0.851. The van der Waals surface area contributed by atoms with E-state index in [2.05, 4.69) is 22.2 Å². The summed E-state index contributed by atoms with van der Waals surface area (Å²) >= 11 is 1.69. The van der Waals surface area contributed by atoms with Crippen LogP contribution in [0, 0.1) is 0 Å². The van der Waals surface area contributed by atoms with E-state index in [-0.39, 0.29) is 12.5 Å². The average molecular weight is 270 g/mol. The van der Waals surface area contributed by atoms with Crippen LogP contribution in [0.4, 0.5) is 0 Å². The molecule has 1 aromatic heterocycles. The topological polar surface area (TPSA) is 62.7 Å². The maximum absolute atomic E-state index is 10.7. The highest BCUT2D eigenvalue weighted by Crippen LogP contribution is 2.15. The van der Waals surface area contributed by atoms with E-state index in [0.717, 1.165) is 30.2 Å². The molecule has 0 amide bonds. The first-order valence-electron chi connectivity index (χ1n) is 6.16. The maximum Gasteiger partial charge on any atom is 0.306 e. The molecule has 18 heavy (non-hydrogen) atoms. The number of hydrogen-bond donors (Lipinski definition) is 1. The van der Waals surface area contributed by atoms with E-state index in [0.29, 0.717) is 13.2 Å². The summed E-state index contributed by atoms with van der Waals surface area (Å²) in [5, 5.41) is 12.0. The van der Waals surface area contributed by atoms with E-state index < -0.39 is 5.97 Å². The number of nitrogens with zero attached hydrogens (tertiary/aromatic N) is 2. The zero-order chi connectivity index (χ0) is 13.0. The Morgan fingerprint density at radius 2 is 2.56 bits per heavy atom. The molecule has 0 bridgehead atoms. The van der Waals surface area contributed by atoms with Gasteiger partial charge in [-0.1, -0.05) is 6.92 Å². The quantitative estimate of drug-likeness (QED) is 0.876. The number of aliphatic carboxylic acids is 1. The monoisotopic (exact) mass is 270 g/mol. The molecule has 1 fully saturated rings. The number of aromatic nitrogens is 1. The first-order valence-corrected chi connectivity index (χ1v) is 7.04. The van der Waals surface area contributed by atoms with Crippen LogP contribution in [-0.4, -0.2) is 46.8 Å². The Hall–Kier alpha value is -0.980. The predicted octanol–water partition coefficient (Wildman–Crippen LogP) is 1.38. The fourth-order valence-corrected chi connectivity index (χ4v) is 2.79. The largest absolute Gasteiger partial charge is 0.481 e. The Bertz CT molecular complexity index is 408. The van der Waals surface area contributed by atoms with Crippen LogP contribution >= 0.6 is 11.3 Å². The van der Waals surface area contributed by atoms with Gasteiger partial charge in [0.2, 0.25) is 0 Å². The van der Waals surface area contributed by atoms with Gasteiger partial charge >= 0.3 is 5.97 Å². The molecule has 1 unspecified atom stereocenters. The van der Waals surface area contributed by atoms with Crippen LogP contribution in [0.2, 0.25) is 0 Å². The summed E-state index contributed by atoms with van der Waals surface area (Å²) in [4.78, 5) is 17.4. The van der Waals surface area contributed by atoms with Gasteiger partial charge in [-0.15, -0.1) is 11.3 Å². The van der Waals surface area contributed by atoms with Crippen LogP contribution in [0.1, 0.15) is 24.0 Å². The molecule has 0 spiro atoms. The van der Waals surface area contributed by atoms with Crippen molar-refractivity contribution in [2.75, 3.05) is 19.7 Å². The fourth-order valence-electron chi connectivity index (χ4n) is 2.06. The van der Waals surface area contributed by atoms with Crippen molar-refractivity contribution in [3.63, 3.8) is 0 Å². The third-order valence-electron chi connectivity index (χ3n) is 2.91. The minimum absolute atomic E-state index is 0.0772. The first-order chi connectivity index (χ1) is 8.67. The summed E-state index contributed by atoms with van der Waals surface area (Å²) < 4.78 is 5.44. The Kier molecular flexibility index (Phi) is 4.68. The van der Waals surface area contributed by atoms with Gasteiger partial charge in [-0.25, -0.2) is 4.98 Å². The van der Waals surface area contributed by atoms with E-state index in [4.69, 9.17) is 9.84 Å². The van der Waals surface area contributed by atoms with Crippen molar-refractivity contribution in [3.05, 3.63) is 16.1 Å². The molecule has 1 aromatic rings. The number of ether oxygens (including phenoxy) is 1. The lowest BCUT2D eigenvalue weighted by atomic mass is 10.2. The van der Waals surface area contributed by atoms with E-state index in [9.17, 15) is 4.79 Å². The molecular weight excluding hydrogens is 252 g/mol. The molecule has 6 heteroatoms. The molecular formula is C12H18N2O3S. The van der Waals surface area contributed by atoms with Gasteiger partial charge < -0.3 is 9.84 Å². The smallest absolute Gasteiger partial charge is 0.306 e. The predicted molar refractivity (Wildman–Crippen MR) is 68.8 cm³/mol. The van der Waals surface area contributed by atoms with Gasteiger partial charge in [0, 0.05) is 25.0 Å². The van der Waals surface area contributed by atoms with E-state index in [1.165, 1.54) is 0 Å². The molecule has 0 aliphatic carbocycles. The number of carbonyl (C=O) groups is 1. The van der Waals surface area contributed by atoms with Crippen molar-refractivity contribution in [2.24, 2.45) is 0 Å². The lowest BCUT2D eigenvalue weighted by Crippen LogP contribution is -2.42. The molecule has 1 saturated heterocycles. The second-order valence-electron chi connectivity index (χ2n) is 4.41. The minimum atomic E-state index is -0.802. The van der Waals surface area contributed by atoms with Gasteiger partial charge in [-0.2, -0.15) is 0 Å². The summed E-state index contributed by atoms with van der Waals surface area (Å²) in [5.41, 5.74) is 1.08. The van der Waals surface area contributed by atoms with Crippen molar-refractivity contribution >= 4 is 17.3 Å². The standard InChI is InChI=1S/C12H18N2O3S/c1-2-11-13-9(8-18-11)6-14-3-4-17-10(7-14)5-12(15)16/h8,10H,2-7H2,1H3,(H,15,16). The summed E-state index contributed by atoms with van der Waals surface area (Å²) in [6, 6.07) is 0. The molecule has 0 aromatic carbocycles. The van der Waals surface area contributed by atoms with E-state index in [1.54, 1.807) is 11.3 Å². The molecule has 1 aliphatic heterocycles. The summed E-state index contributed by atoms with van der Waals surface area (Å²) in [6.45, 7) is 5.00. The summed E-state index contributed by atoms with van der Waals surface area (Å²) in [7, 11) is 0. The average Bonchev–Trinajstić information content (AvgIpc) is 2.76. The van der Waals surface area contributed by atoms with Crippen molar-refractivity contribution < 1.29 is 14.6 Å². The molecule has 1 aliphatic rings. The number of aryl methyl sites for hydroxylation is 1. The number of hydrogen-bond acceptors (Lipinski definition) is 5. The van der Waals surface area contributed by atoms with Crippen molar-refractivity contribution in [3.8, 4) is 0 Å². The number of morpholine rings is 1. The molecule has 2 heterocycles. The number of rotatable bonds is 5. The van der Waals surface area contributed by atoms with Crippen LogP contribution < -0.4 is 0 Å². The highest BCUT2D eigenvalue weighted by molar-refractivity contribution is 7.09. The zero-order valence-corrected chi connectivity index (χ0v) is 11.3. The Morgan fingerprint density at radius 1 is 1.72 bits per heavy atom. The Balaban J connectivity index is 1.87. The van der Waals surface area contributed by atoms with Crippen molar-refractivity contribution in [2.45, 2.75) is 32.4 Å². The van der Waals surface area contributed by atoms with Crippen LogP contribution in [0.15, 0.2) is 5.38 Å². The fraction of sp³-hybridized carbons (Fsp3) is 0.667. The maximum atomic E-state index is 10.7. The molecule has 0 radical (unpaired) electrons. The number of carboxylic acids is 1. The van der Waals surface area contributed by atoms with Gasteiger partial charge in [0.05, 0.1) is 29.8 Å². The SMILES string of the molecule is CCc1nc(CN2CCOC(CC(=O)O)C2)cs1. The lowest BCUT2D eigenvalue weighted by Gasteiger charge is -2.31. The summed E-state index contributed by atoms with van der Waals surface area (Å²) in [5.74, 6) is -0.802. The third-order valence-corrected chi connectivity index (χ3v) is 3.95. The van der Waals surface area contributed by atoms with Crippen molar-refractivity contribution in [1.29, 1.82) is 0 Å². The molecule has 100 valence electrons. The van der Waals surface area contributed by atoms with Crippen LogP contribution in [0.25, 0.3) is 0 Å². The lowest BCUT2D eigenvalue weighted by molar-refractivity contribution is -0.142. The van der Waals surface area contributed by atoms with Gasteiger partial charge in [0.1, 0.15) is 0 Å². The molecule has 0 saturated carbocycles. The van der Waals surface area contributed by atoms with Crippen LogP contribution in [0.3, 0.4) is 0 Å². The Labute approximate surface area is 110 Å². The van der Waals surface area contributed by atoms with Gasteiger partial charge in [-0.05, 0) is 6.42 Å². The first kappa shape index (κ1) is 13.5. The second-order valence-corrected chi connectivity index (χ2v) is 5.35.